The van der Waals surface area contributed by atoms with Gasteiger partial charge in [-0.2, -0.15) is 0 Å². The zero-order chi connectivity index (χ0) is 10.6. The van der Waals surface area contributed by atoms with Crippen molar-refractivity contribution >= 4 is 5.97 Å². The monoisotopic (exact) mass is 201 g/mol. The van der Waals surface area contributed by atoms with Crippen LogP contribution in [0.4, 0.5) is 0 Å². The van der Waals surface area contributed by atoms with Gasteiger partial charge in [0.1, 0.15) is 0 Å². The predicted molar refractivity (Wildman–Crippen MR) is 52.9 cm³/mol. The molecule has 2 atom stereocenters. The average Bonchev–Trinajstić information content (AvgIpc) is 2.65. The van der Waals surface area contributed by atoms with Crippen molar-refractivity contribution < 1.29 is 14.6 Å². The lowest BCUT2D eigenvalue weighted by Crippen LogP contribution is -2.33. The van der Waals surface area contributed by atoms with Gasteiger partial charge in [-0.05, 0) is 25.8 Å². The van der Waals surface area contributed by atoms with Gasteiger partial charge in [-0.1, -0.05) is 0 Å². The summed E-state index contributed by atoms with van der Waals surface area (Å²) in [6.45, 7) is 4.15. The van der Waals surface area contributed by atoms with Gasteiger partial charge >= 0.3 is 5.97 Å². The number of rotatable bonds is 4. The molecule has 1 saturated heterocycles. The average molecular weight is 201 g/mol. The molecular formula is C10H19NO3. The molecule has 0 aromatic carbocycles. The molecule has 0 saturated carbocycles. The fraction of sp³-hybridized carbons (Fsp3) is 0.900. The lowest BCUT2D eigenvalue weighted by molar-refractivity contribution is -0.141. The Bertz CT molecular complexity index is 196. The first kappa shape index (κ1) is 11.5. The van der Waals surface area contributed by atoms with Crippen molar-refractivity contribution in [1.29, 1.82) is 0 Å². The van der Waals surface area contributed by atoms with Crippen LogP contribution in [0.15, 0.2) is 0 Å². The quantitative estimate of drug-likeness (QED) is 0.662. The first-order chi connectivity index (χ1) is 6.67. The summed E-state index contributed by atoms with van der Waals surface area (Å²) in [5.74, 6) is 0.222. The molecule has 0 bridgehead atoms. The molecule has 0 aliphatic carbocycles. The normalized spacial score (nSPS) is 24.9. The molecule has 0 aromatic rings. The smallest absolute Gasteiger partial charge is 0.307 e. The fourth-order valence-corrected chi connectivity index (χ4v) is 1.87. The molecule has 1 heterocycles. The summed E-state index contributed by atoms with van der Waals surface area (Å²) in [7, 11) is 1.41. The van der Waals surface area contributed by atoms with Gasteiger partial charge in [-0.3, -0.25) is 9.69 Å². The number of carbonyl (C=O) groups is 1. The maximum Gasteiger partial charge on any atom is 0.307 e. The maximum atomic E-state index is 11.0. The van der Waals surface area contributed by atoms with Crippen molar-refractivity contribution in [1.82, 2.24) is 4.90 Å². The van der Waals surface area contributed by atoms with Crippen LogP contribution in [0.25, 0.3) is 0 Å². The second-order valence-corrected chi connectivity index (χ2v) is 3.96. The minimum absolute atomic E-state index is 0.162. The van der Waals surface area contributed by atoms with E-state index in [4.69, 9.17) is 5.11 Å². The number of nitrogens with zero attached hydrogens (tertiary/aromatic N) is 1. The van der Waals surface area contributed by atoms with E-state index in [1.165, 1.54) is 7.11 Å². The predicted octanol–water partition coefficient (Wildman–Crippen LogP) is 0.252. The fourth-order valence-electron chi connectivity index (χ4n) is 1.87. The molecule has 82 valence electrons. The summed E-state index contributed by atoms with van der Waals surface area (Å²) in [6, 6.07) is 0.221. The minimum atomic E-state index is -0.162. The summed E-state index contributed by atoms with van der Waals surface area (Å²) in [5, 5.41) is 8.98. The lowest BCUT2D eigenvalue weighted by atomic mass is 10.1. The van der Waals surface area contributed by atoms with Gasteiger partial charge in [0.2, 0.25) is 0 Å². The van der Waals surface area contributed by atoms with Crippen molar-refractivity contribution in [3.05, 3.63) is 0 Å². The zero-order valence-corrected chi connectivity index (χ0v) is 8.90. The van der Waals surface area contributed by atoms with Gasteiger partial charge in [-0.25, -0.2) is 0 Å². The molecule has 0 aromatic heterocycles. The lowest BCUT2D eigenvalue weighted by Gasteiger charge is -2.23. The second-order valence-electron chi connectivity index (χ2n) is 3.96. The molecule has 14 heavy (non-hydrogen) atoms. The van der Waals surface area contributed by atoms with E-state index in [0.717, 1.165) is 19.5 Å². The highest BCUT2D eigenvalue weighted by molar-refractivity contribution is 5.69. The maximum absolute atomic E-state index is 11.0. The van der Waals surface area contributed by atoms with E-state index < -0.39 is 0 Å². The van der Waals surface area contributed by atoms with E-state index in [0.29, 0.717) is 12.3 Å². The van der Waals surface area contributed by atoms with E-state index in [2.05, 4.69) is 9.64 Å². The van der Waals surface area contributed by atoms with Crippen LogP contribution in [0.5, 0.6) is 0 Å². The number of hydrogen-bond acceptors (Lipinski definition) is 4. The highest BCUT2D eigenvalue weighted by atomic mass is 16.5. The molecule has 0 radical (unpaired) electrons. The Morgan fingerprint density at radius 3 is 2.93 bits per heavy atom. The first-order valence-electron chi connectivity index (χ1n) is 5.09. The summed E-state index contributed by atoms with van der Waals surface area (Å²) < 4.78 is 4.62. The second kappa shape index (κ2) is 5.32. The number of aliphatic hydroxyl groups is 1. The number of carbonyl (C=O) groups excluding carboxylic acids is 1. The molecule has 4 nitrogen and oxygen atoms in total. The van der Waals surface area contributed by atoms with Crippen molar-refractivity contribution in [3.63, 3.8) is 0 Å². The van der Waals surface area contributed by atoms with Gasteiger partial charge in [-0.15, -0.1) is 0 Å². The Kier molecular flexibility index (Phi) is 4.35. The van der Waals surface area contributed by atoms with E-state index in [1.54, 1.807) is 0 Å². The van der Waals surface area contributed by atoms with E-state index in [9.17, 15) is 4.79 Å². The first-order valence-corrected chi connectivity index (χ1v) is 5.09. The van der Waals surface area contributed by atoms with E-state index >= 15 is 0 Å². The molecule has 4 heteroatoms. The van der Waals surface area contributed by atoms with E-state index in [1.807, 2.05) is 6.92 Å². The summed E-state index contributed by atoms with van der Waals surface area (Å²) in [4.78, 5) is 13.3. The number of hydrogen-bond donors (Lipinski definition) is 1. The minimum Gasteiger partial charge on any atom is -0.469 e. The van der Waals surface area contributed by atoms with Crippen molar-refractivity contribution in [3.8, 4) is 0 Å². The molecule has 1 aliphatic heterocycles. The molecule has 1 rings (SSSR count). The molecule has 0 amide bonds. The van der Waals surface area contributed by atoms with Crippen LogP contribution in [-0.2, 0) is 9.53 Å². The Hall–Kier alpha value is -0.610. The summed E-state index contributed by atoms with van der Waals surface area (Å²) in [6.07, 6.45) is 1.47. The van der Waals surface area contributed by atoms with Crippen LogP contribution in [0.1, 0.15) is 19.8 Å². The van der Waals surface area contributed by atoms with Crippen molar-refractivity contribution in [2.75, 3.05) is 26.8 Å². The number of aliphatic hydroxyl groups excluding tert-OH is 1. The molecule has 1 aliphatic rings. The third-order valence-electron chi connectivity index (χ3n) is 2.89. The van der Waals surface area contributed by atoms with Crippen LogP contribution >= 0.6 is 0 Å². The molecule has 1 N–H and O–H groups in total. The molecule has 2 unspecified atom stereocenters. The summed E-state index contributed by atoms with van der Waals surface area (Å²) in [5.41, 5.74) is 0. The zero-order valence-electron chi connectivity index (χ0n) is 8.90. The van der Waals surface area contributed by atoms with E-state index in [-0.39, 0.29) is 18.6 Å². The van der Waals surface area contributed by atoms with Gasteiger partial charge in [0.25, 0.3) is 0 Å². The Labute approximate surface area is 84.8 Å². The third-order valence-corrected chi connectivity index (χ3v) is 2.89. The number of likely N-dealkylation sites (tertiary alicyclic amines) is 1. The van der Waals surface area contributed by atoms with Crippen molar-refractivity contribution in [2.24, 2.45) is 5.92 Å². The third kappa shape index (κ3) is 2.96. The molecule has 0 spiro atoms. The Morgan fingerprint density at radius 2 is 2.43 bits per heavy atom. The molecule has 1 fully saturated rings. The Morgan fingerprint density at radius 1 is 1.71 bits per heavy atom. The van der Waals surface area contributed by atoms with Crippen LogP contribution < -0.4 is 0 Å². The van der Waals surface area contributed by atoms with Crippen LogP contribution in [0.2, 0.25) is 0 Å². The van der Waals surface area contributed by atoms with Crippen LogP contribution in [0.3, 0.4) is 0 Å². The number of esters is 1. The standard InChI is InChI=1S/C10H19NO3/c1-8(5-10(13)14-2)11-4-3-9(6-11)7-12/h8-9,12H,3-7H2,1-2H3. The van der Waals surface area contributed by atoms with Gasteiger partial charge in [0.15, 0.2) is 0 Å². The SMILES string of the molecule is COC(=O)CC(C)N1CCC(CO)C1. The largest absolute Gasteiger partial charge is 0.469 e. The highest BCUT2D eigenvalue weighted by Crippen LogP contribution is 2.19. The highest BCUT2D eigenvalue weighted by Gasteiger charge is 2.26. The molecular weight excluding hydrogens is 182 g/mol. The van der Waals surface area contributed by atoms with Crippen LogP contribution in [-0.4, -0.2) is 48.8 Å². The van der Waals surface area contributed by atoms with Crippen molar-refractivity contribution in [2.45, 2.75) is 25.8 Å². The van der Waals surface area contributed by atoms with Gasteiger partial charge in [0, 0.05) is 19.2 Å². The van der Waals surface area contributed by atoms with Crippen LogP contribution in [0, 0.1) is 5.92 Å². The number of methoxy groups -OCH3 is 1. The Balaban J connectivity index is 2.31. The summed E-state index contributed by atoms with van der Waals surface area (Å²) >= 11 is 0. The number of ether oxygens (including phenoxy) is 1. The van der Waals surface area contributed by atoms with Gasteiger partial charge in [0.05, 0.1) is 13.5 Å². The van der Waals surface area contributed by atoms with Gasteiger partial charge < -0.3 is 9.84 Å². The topological polar surface area (TPSA) is 49.8 Å².